The van der Waals surface area contributed by atoms with Crippen LogP contribution in [-0.2, 0) is 6.54 Å². The van der Waals surface area contributed by atoms with Gasteiger partial charge in [0.1, 0.15) is 17.0 Å². The first-order valence-electron chi connectivity index (χ1n) is 6.87. The maximum atomic E-state index is 11.2. The van der Waals surface area contributed by atoms with E-state index in [1.807, 2.05) is 24.3 Å². The molecule has 3 rings (SSSR count). The van der Waals surface area contributed by atoms with Crippen LogP contribution in [0.15, 0.2) is 42.5 Å². The first-order valence-corrected chi connectivity index (χ1v) is 7.69. The van der Waals surface area contributed by atoms with E-state index >= 15 is 0 Å². The Bertz CT molecular complexity index is 858. The molecule has 1 aromatic heterocycles. The Labute approximate surface area is 136 Å². The number of para-hydroxylation sites is 1. The van der Waals surface area contributed by atoms with Crippen LogP contribution in [0.2, 0.25) is 0 Å². The molecule has 0 saturated carbocycles. The number of benzene rings is 2. The first kappa shape index (κ1) is 15.1. The fourth-order valence-corrected chi connectivity index (χ4v) is 3.38. The summed E-state index contributed by atoms with van der Waals surface area (Å²) < 4.78 is 1.08. The van der Waals surface area contributed by atoms with Gasteiger partial charge in [-0.15, -0.1) is 11.3 Å². The predicted octanol–water partition coefficient (Wildman–Crippen LogP) is 3.65. The van der Waals surface area contributed by atoms with Crippen LogP contribution < -0.4 is 4.90 Å². The lowest BCUT2D eigenvalue weighted by atomic mass is 10.2. The monoisotopic (exact) mass is 327 g/mol. The van der Waals surface area contributed by atoms with Crippen LogP contribution in [-0.4, -0.2) is 23.2 Å². The number of hydrogen-bond donors (Lipinski definition) is 0. The van der Waals surface area contributed by atoms with Crippen molar-refractivity contribution in [1.82, 2.24) is 4.98 Å². The Morgan fingerprint density at radius 2 is 2.09 bits per heavy atom. The van der Waals surface area contributed by atoms with Crippen LogP contribution in [0.3, 0.4) is 0 Å². The zero-order valence-electron chi connectivity index (χ0n) is 12.3. The maximum absolute atomic E-state index is 11.2. The highest BCUT2D eigenvalue weighted by molar-refractivity contribution is 7.18. The molecule has 116 valence electrons. The van der Waals surface area contributed by atoms with Crippen molar-refractivity contribution in [2.75, 3.05) is 11.9 Å². The van der Waals surface area contributed by atoms with E-state index in [0.717, 1.165) is 15.2 Å². The highest BCUT2D eigenvalue weighted by Crippen LogP contribution is 2.30. The summed E-state index contributed by atoms with van der Waals surface area (Å²) in [6.45, 7) is 0.459. The topological polar surface area (TPSA) is 76.3 Å². The van der Waals surface area contributed by atoms with Crippen molar-refractivity contribution in [1.29, 1.82) is 0 Å². The molecule has 0 unspecified atom stereocenters. The van der Waals surface area contributed by atoms with Crippen LogP contribution in [0.25, 0.3) is 10.2 Å². The standard InChI is InChI=1S/C16H13N3O3S/c1-18(9-16-17-12-4-2-3-5-15(12)23-16)13-7-6-11(10-20)8-14(13)19(21)22/h2-8,10H,9H2,1H3. The van der Waals surface area contributed by atoms with Gasteiger partial charge in [-0.05, 0) is 24.3 Å². The van der Waals surface area contributed by atoms with Crippen molar-refractivity contribution in [3.8, 4) is 0 Å². The molecule has 0 saturated heterocycles. The SMILES string of the molecule is CN(Cc1nc2ccccc2s1)c1ccc(C=O)cc1[N+](=O)[O-]. The predicted molar refractivity (Wildman–Crippen MR) is 90.2 cm³/mol. The second-order valence-electron chi connectivity index (χ2n) is 5.05. The molecule has 0 aliphatic heterocycles. The van der Waals surface area contributed by atoms with E-state index in [4.69, 9.17) is 0 Å². The van der Waals surface area contributed by atoms with Gasteiger partial charge < -0.3 is 4.90 Å². The lowest BCUT2D eigenvalue weighted by Gasteiger charge is -2.17. The molecule has 0 spiro atoms. The summed E-state index contributed by atoms with van der Waals surface area (Å²) in [4.78, 5) is 27.9. The Hall–Kier alpha value is -2.80. The van der Waals surface area contributed by atoms with Gasteiger partial charge in [0, 0.05) is 18.7 Å². The third-order valence-corrected chi connectivity index (χ3v) is 4.48. The number of fused-ring (bicyclic) bond motifs is 1. The van der Waals surface area contributed by atoms with Gasteiger partial charge in [0.05, 0.1) is 21.7 Å². The van der Waals surface area contributed by atoms with Crippen molar-refractivity contribution in [2.45, 2.75) is 6.54 Å². The van der Waals surface area contributed by atoms with Crippen molar-refractivity contribution in [2.24, 2.45) is 0 Å². The fourth-order valence-electron chi connectivity index (χ4n) is 2.36. The van der Waals surface area contributed by atoms with E-state index in [1.165, 1.54) is 6.07 Å². The highest BCUT2D eigenvalue weighted by Gasteiger charge is 2.19. The molecule has 0 atom stereocenters. The molecule has 2 aromatic carbocycles. The molecule has 6 nitrogen and oxygen atoms in total. The molecule has 0 aliphatic carbocycles. The number of hydrogen-bond acceptors (Lipinski definition) is 6. The van der Waals surface area contributed by atoms with Crippen LogP contribution >= 0.6 is 11.3 Å². The molecule has 0 bridgehead atoms. The van der Waals surface area contributed by atoms with Gasteiger partial charge in [-0.2, -0.15) is 0 Å². The van der Waals surface area contributed by atoms with Crippen molar-refractivity contribution in [3.05, 3.63) is 63.1 Å². The summed E-state index contributed by atoms with van der Waals surface area (Å²) in [5.74, 6) is 0. The fraction of sp³-hybridized carbons (Fsp3) is 0.125. The van der Waals surface area contributed by atoms with Crippen LogP contribution in [0.1, 0.15) is 15.4 Å². The molecule has 0 amide bonds. The van der Waals surface area contributed by atoms with E-state index in [2.05, 4.69) is 4.98 Å². The molecular weight excluding hydrogens is 314 g/mol. The Morgan fingerprint density at radius 3 is 2.78 bits per heavy atom. The average Bonchev–Trinajstić information content (AvgIpc) is 2.96. The number of nitrogens with zero attached hydrogens (tertiary/aromatic N) is 3. The van der Waals surface area contributed by atoms with Crippen LogP contribution in [0, 0.1) is 10.1 Å². The lowest BCUT2D eigenvalue weighted by molar-refractivity contribution is -0.384. The van der Waals surface area contributed by atoms with Crippen molar-refractivity contribution >= 4 is 39.2 Å². The molecule has 0 aliphatic rings. The second-order valence-corrected chi connectivity index (χ2v) is 6.17. The zero-order chi connectivity index (χ0) is 16.4. The van der Waals surface area contributed by atoms with Crippen molar-refractivity contribution < 1.29 is 9.72 Å². The normalized spacial score (nSPS) is 10.7. The molecule has 3 aromatic rings. The number of aldehydes is 1. The molecule has 0 N–H and O–H groups in total. The van der Waals surface area contributed by atoms with Gasteiger partial charge in [0.25, 0.3) is 5.69 Å². The summed E-state index contributed by atoms with van der Waals surface area (Å²) in [6, 6.07) is 12.3. The number of thiazole rings is 1. The number of nitro groups is 1. The summed E-state index contributed by atoms with van der Waals surface area (Å²) in [5.41, 5.74) is 1.58. The van der Waals surface area contributed by atoms with Crippen LogP contribution in [0.5, 0.6) is 0 Å². The summed E-state index contributed by atoms with van der Waals surface area (Å²) in [5, 5.41) is 12.1. The minimum atomic E-state index is -0.475. The van der Waals surface area contributed by atoms with Gasteiger partial charge in [-0.3, -0.25) is 14.9 Å². The zero-order valence-corrected chi connectivity index (χ0v) is 13.1. The number of aromatic nitrogens is 1. The third kappa shape index (κ3) is 3.04. The van der Waals surface area contributed by atoms with E-state index in [1.54, 1.807) is 35.4 Å². The molecule has 0 radical (unpaired) electrons. The van der Waals surface area contributed by atoms with Crippen molar-refractivity contribution in [3.63, 3.8) is 0 Å². The van der Waals surface area contributed by atoms with Gasteiger partial charge in [0.15, 0.2) is 0 Å². The Balaban J connectivity index is 1.92. The minimum Gasteiger partial charge on any atom is -0.362 e. The van der Waals surface area contributed by atoms with Gasteiger partial charge in [0.2, 0.25) is 0 Å². The van der Waals surface area contributed by atoms with Gasteiger partial charge in [-0.25, -0.2) is 4.98 Å². The van der Waals surface area contributed by atoms with Gasteiger partial charge in [-0.1, -0.05) is 12.1 Å². The number of nitro benzene ring substituents is 1. The second kappa shape index (κ2) is 6.13. The van der Waals surface area contributed by atoms with E-state index < -0.39 is 4.92 Å². The molecule has 0 fully saturated rings. The number of anilines is 1. The van der Waals surface area contributed by atoms with Gasteiger partial charge >= 0.3 is 0 Å². The minimum absolute atomic E-state index is 0.0850. The summed E-state index contributed by atoms with van der Waals surface area (Å²) in [6.07, 6.45) is 0.602. The largest absolute Gasteiger partial charge is 0.362 e. The summed E-state index contributed by atoms with van der Waals surface area (Å²) >= 11 is 1.56. The average molecular weight is 327 g/mol. The van der Waals surface area contributed by atoms with E-state index in [-0.39, 0.29) is 11.3 Å². The first-order chi connectivity index (χ1) is 11.1. The number of carbonyl (C=O) groups is 1. The Kier molecular flexibility index (Phi) is 4.03. The van der Waals surface area contributed by atoms with Crippen LogP contribution in [0.4, 0.5) is 11.4 Å². The summed E-state index contributed by atoms with van der Waals surface area (Å²) in [7, 11) is 1.77. The smallest absolute Gasteiger partial charge is 0.293 e. The quantitative estimate of drug-likeness (QED) is 0.406. The molecule has 7 heteroatoms. The van der Waals surface area contributed by atoms with E-state index in [9.17, 15) is 14.9 Å². The number of carbonyl (C=O) groups excluding carboxylic acids is 1. The maximum Gasteiger partial charge on any atom is 0.293 e. The highest BCUT2D eigenvalue weighted by atomic mass is 32.1. The lowest BCUT2D eigenvalue weighted by Crippen LogP contribution is -2.17. The Morgan fingerprint density at radius 1 is 1.30 bits per heavy atom. The molecular formula is C16H13N3O3S. The molecule has 23 heavy (non-hydrogen) atoms. The molecule has 1 heterocycles. The number of rotatable bonds is 5. The van der Waals surface area contributed by atoms with E-state index in [0.29, 0.717) is 18.5 Å². The third-order valence-electron chi connectivity index (χ3n) is 3.45.